The van der Waals surface area contributed by atoms with Crippen LogP contribution in [-0.4, -0.2) is 10.1 Å². The Hall–Kier alpha value is -1.65. The molecule has 2 aromatic carbocycles. The third-order valence-electron chi connectivity index (χ3n) is 2.88. The summed E-state index contributed by atoms with van der Waals surface area (Å²) in [6.45, 7) is 0. The molecule has 3 nitrogen and oxygen atoms in total. The average Bonchev–Trinajstić information content (AvgIpc) is 2.90. The van der Waals surface area contributed by atoms with Crippen molar-refractivity contribution in [2.45, 2.75) is 6.42 Å². The van der Waals surface area contributed by atoms with Gasteiger partial charge in [-0.3, -0.25) is 0 Å². The fraction of sp³-hybridized carbons (Fsp3) is 0.0667. The zero-order chi connectivity index (χ0) is 13.9. The van der Waals surface area contributed by atoms with Crippen molar-refractivity contribution >= 4 is 27.5 Å². The maximum Gasteiger partial charge on any atom is 0.259 e. The molecule has 0 aliphatic heterocycles. The van der Waals surface area contributed by atoms with Crippen LogP contribution in [-0.2, 0) is 6.42 Å². The van der Waals surface area contributed by atoms with Gasteiger partial charge in [-0.2, -0.15) is 4.98 Å². The topological polar surface area (TPSA) is 38.9 Å². The van der Waals surface area contributed by atoms with Crippen LogP contribution in [0.5, 0.6) is 0 Å². The number of hydrogen-bond donors (Lipinski definition) is 0. The molecule has 5 heteroatoms. The van der Waals surface area contributed by atoms with E-state index in [9.17, 15) is 0 Å². The van der Waals surface area contributed by atoms with E-state index in [0.717, 1.165) is 15.6 Å². The molecule has 0 atom stereocenters. The minimum atomic E-state index is 0.500. The van der Waals surface area contributed by atoms with Crippen molar-refractivity contribution in [2.24, 2.45) is 0 Å². The van der Waals surface area contributed by atoms with Gasteiger partial charge in [0, 0.05) is 15.9 Å². The van der Waals surface area contributed by atoms with Crippen molar-refractivity contribution in [1.29, 1.82) is 0 Å². The Kier molecular flexibility index (Phi) is 3.85. The van der Waals surface area contributed by atoms with E-state index >= 15 is 0 Å². The maximum atomic E-state index is 6.13. The first-order chi connectivity index (χ1) is 9.74. The Morgan fingerprint density at radius 1 is 1.05 bits per heavy atom. The van der Waals surface area contributed by atoms with Gasteiger partial charge in [-0.05, 0) is 39.7 Å². The van der Waals surface area contributed by atoms with E-state index in [1.165, 1.54) is 0 Å². The fourth-order valence-corrected chi connectivity index (χ4v) is 2.54. The molecule has 0 amide bonds. The van der Waals surface area contributed by atoms with Crippen molar-refractivity contribution < 1.29 is 4.52 Å². The van der Waals surface area contributed by atoms with Gasteiger partial charge in [0.05, 0.1) is 5.56 Å². The molecule has 0 spiro atoms. The summed E-state index contributed by atoms with van der Waals surface area (Å²) in [6, 6.07) is 15.4. The lowest BCUT2D eigenvalue weighted by Crippen LogP contribution is -1.91. The molecule has 0 aliphatic carbocycles. The summed E-state index contributed by atoms with van der Waals surface area (Å²) in [5.41, 5.74) is 1.86. The first kappa shape index (κ1) is 13.3. The molecule has 0 radical (unpaired) electrons. The molecule has 0 N–H and O–H groups in total. The van der Waals surface area contributed by atoms with E-state index in [1.54, 1.807) is 0 Å². The summed E-state index contributed by atoms with van der Waals surface area (Å²) >= 11 is 9.60. The van der Waals surface area contributed by atoms with Crippen LogP contribution >= 0.6 is 27.5 Å². The molecule has 1 aromatic heterocycles. The van der Waals surface area contributed by atoms with Gasteiger partial charge in [0.2, 0.25) is 0 Å². The van der Waals surface area contributed by atoms with Gasteiger partial charge in [0.25, 0.3) is 5.89 Å². The van der Waals surface area contributed by atoms with E-state index in [0.29, 0.717) is 23.2 Å². The third kappa shape index (κ3) is 2.76. The van der Waals surface area contributed by atoms with Crippen LogP contribution in [0.1, 0.15) is 11.4 Å². The number of benzene rings is 2. The lowest BCUT2D eigenvalue weighted by molar-refractivity contribution is 0.423. The standard InChI is InChI=1S/C15H10BrClN2O/c16-12-7-3-2-6-11(12)15-18-14(19-20-15)9-10-5-1-4-8-13(10)17/h1-8H,9H2. The number of hydrogen-bond acceptors (Lipinski definition) is 3. The predicted molar refractivity (Wildman–Crippen MR) is 81.7 cm³/mol. The minimum absolute atomic E-state index is 0.500. The van der Waals surface area contributed by atoms with Crippen molar-refractivity contribution in [1.82, 2.24) is 10.1 Å². The first-order valence-electron chi connectivity index (χ1n) is 6.05. The normalized spacial score (nSPS) is 10.7. The molecule has 0 saturated carbocycles. The van der Waals surface area contributed by atoms with Crippen LogP contribution in [0.2, 0.25) is 5.02 Å². The second kappa shape index (κ2) is 5.77. The van der Waals surface area contributed by atoms with Crippen LogP contribution < -0.4 is 0 Å². The molecule has 0 aliphatic rings. The smallest absolute Gasteiger partial charge is 0.259 e. The van der Waals surface area contributed by atoms with Crippen LogP contribution in [0.15, 0.2) is 57.5 Å². The molecule has 100 valence electrons. The monoisotopic (exact) mass is 348 g/mol. The number of nitrogens with zero attached hydrogens (tertiary/aromatic N) is 2. The highest BCUT2D eigenvalue weighted by Crippen LogP contribution is 2.27. The van der Waals surface area contributed by atoms with Crippen LogP contribution in [0.3, 0.4) is 0 Å². The highest BCUT2D eigenvalue weighted by molar-refractivity contribution is 9.10. The molecule has 0 bridgehead atoms. The quantitative estimate of drug-likeness (QED) is 0.685. The van der Waals surface area contributed by atoms with Gasteiger partial charge >= 0.3 is 0 Å². The zero-order valence-electron chi connectivity index (χ0n) is 10.4. The first-order valence-corrected chi connectivity index (χ1v) is 7.22. The fourth-order valence-electron chi connectivity index (χ4n) is 1.88. The predicted octanol–water partition coefficient (Wildman–Crippen LogP) is 4.74. The third-order valence-corrected chi connectivity index (χ3v) is 3.94. The summed E-state index contributed by atoms with van der Waals surface area (Å²) in [5, 5.41) is 4.71. The highest BCUT2D eigenvalue weighted by Gasteiger charge is 2.12. The largest absolute Gasteiger partial charge is 0.334 e. The van der Waals surface area contributed by atoms with Crippen LogP contribution in [0.25, 0.3) is 11.5 Å². The summed E-state index contributed by atoms with van der Waals surface area (Å²) in [4.78, 5) is 4.41. The Morgan fingerprint density at radius 2 is 1.80 bits per heavy atom. The van der Waals surface area contributed by atoms with Gasteiger partial charge < -0.3 is 4.52 Å². The Labute approximate surface area is 129 Å². The highest BCUT2D eigenvalue weighted by atomic mass is 79.9. The number of rotatable bonds is 3. The van der Waals surface area contributed by atoms with Gasteiger partial charge in [0.15, 0.2) is 5.82 Å². The second-order valence-electron chi connectivity index (χ2n) is 4.26. The molecular formula is C15H10BrClN2O. The van der Waals surface area contributed by atoms with E-state index in [1.807, 2.05) is 48.5 Å². The number of aromatic nitrogens is 2. The molecule has 0 unspecified atom stereocenters. The van der Waals surface area contributed by atoms with Crippen molar-refractivity contribution in [2.75, 3.05) is 0 Å². The Morgan fingerprint density at radius 3 is 2.60 bits per heavy atom. The van der Waals surface area contributed by atoms with Crippen molar-refractivity contribution in [3.8, 4) is 11.5 Å². The molecule has 20 heavy (non-hydrogen) atoms. The number of halogens is 2. The summed E-state index contributed by atoms with van der Waals surface area (Å²) in [5.74, 6) is 1.11. The molecule has 0 saturated heterocycles. The average molecular weight is 350 g/mol. The minimum Gasteiger partial charge on any atom is -0.334 e. The molecular weight excluding hydrogens is 340 g/mol. The Balaban J connectivity index is 1.88. The maximum absolute atomic E-state index is 6.13. The van der Waals surface area contributed by atoms with Gasteiger partial charge in [-0.25, -0.2) is 0 Å². The van der Waals surface area contributed by atoms with Gasteiger partial charge in [-0.15, -0.1) is 0 Å². The van der Waals surface area contributed by atoms with Gasteiger partial charge in [0.1, 0.15) is 0 Å². The SMILES string of the molecule is Clc1ccccc1Cc1noc(-c2ccccc2Br)n1. The van der Waals surface area contributed by atoms with Crippen LogP contribution in [0, 0.1) is 0 Å². The van der Waals surface area contributed by atoms with Crippen molar-refractivity contribution in [3.05, 3.63) is 69.4 Å². The van der Waals surface area contributed by atoms with E-state index in [4.69, 9.17) is 16.1 Å². The van der Waals surface area contributed by atoms with Crippen LogP contribution in [0.4, 0.5) is 0 Å². The van der Waals surface area contributed by atoms with Gasteiger partial charge in [-0.1, -0.05) is 47.1 Å². The van der Waals surface area contributed by atoms with E-state index in [2.05, 4.69) is 26.1 Å². The molecule has 1 heterocycles. The zero-order valence-corrected chi connectivity index (χ0v) is 12.7. The molecule has 0 fully saturated rings. The Bertz CT molecular complexity index is 742. The second-order valence-corrected chi connectivity index (χ2v) is 5.53. The molecule has 3 rings (SSSR count). The van der Waals surface area contributed by atoms with Crippen molar-refractivity contribution in [3.63, 3.8) is 0 Å². The lowest BCUT2D eigenvalue weighted by Gasteiger charge is -1.99. The summed E-state index contributed by atoms with van der Waals surface area (Å²) < 4.78 is 6.23. The van der Waals surface area contributed by atoms with E-state index < -0.39 is 0 Å². The van der Waals surface area contributed by atoms with E-state index in [-0.39, 0.29) is 0 Å². The summed E-state index contributed by atoms with van der Waals surface area (Å²) in [6.07, 6.45) is 0.549. The molecule has 3 aromatic rings. The lowest BCUT2D eigenvalue weighted by atomic mass is 10.1. The summed E-state index contributed by atoms with van der Waals surface area (Å²) in [7, 11) is 0.